The Bertz CT molecular complexity index is 247. The number of hydrogen-bond donors (Lipinski definition) is 2. The summed E-state index contributed by atoms with van der Waals surface area (Å²) in [5.41, 5.74) is 0. The van der Waals surface area contributed by atoms with Crippen LogP contribution in [-0.2, 0) is 9.59 Å². The average molecular weight is 208 g/mol. The molecular weight excluding hydrogens is 195 g/mol. The summed E-state index contributed by atoms with van der Waals surface area (Å²) in [5.74, 6) is -1.78. The number of nitrogens with one attached hydrogen (secondary N) is 2. The van der Waals surface area contributed by atoms with Gasteiger partial charge in [-0.05, 0) is 5.92 Å². The first-order valence-electron chi connectivity index (χ1n) is 4.22. The Morgan fingerprint density at radius 2 is 1.64 bits per heavy atom. The van der Waals surface area contributed by atoms with Gasteiger partial charge in [0.25, 0.3) is 0 Å². The van der Waals surface area contributed by atoms with Crippen LogP contribution in [0.2, 0.25) is 0 Å². The van der Waals surface area contributed by atoms with Crippen LogP contribution in [-0.4, -0.2) is 47.4 Å². The van der Waals surface area contributed by atoms with Gasteiger partial charge in [-0.1, -0.05) is 20.3 Å². The third-order valence-corrected chi connectivity index (χ3v) is 2.25. The molecule has 1 unspecified atom stereocenters. The van der Waals surface area contributed by atoms with E-state index in [1.165, 1.54) is 0 Å². The van der Waals surface area contributed by atoms with E-state index in [9.17, 15) is 14.4 Å². The summed E-state index contributed by atoms with van der Waals surface area (Å²) in [6, 6.07) is -0.727. The van der Waals surface area contributed by atoms with Gasteiger partial charge in [-0.2, -0.15) is 0 Å². The second-order valence-electron chi connectivity index (χ2n) is 3.17. The van der Waals surface area contributed by atoms with Crippen LogP contribution in [0.1, 0.15) is 20.3 Å². The number of barbiturate groups is 1. The van der Waals surface area contributed by atoms with E-state index >= 15 is 0 Å². The second-order valence-corrected chi connectivity index (χ2v) is 3.17. The molecule has 6 heteroatoms. The van der Waals surface area contributed by atoms with Crippen LogP contribution in [0, 0.1) is 11.8 Å². The number of carbonyl (C=O) groups excluding carboxylic acids is 3. The summed E-state index contributed by atoms with van der Waals surface area (Å²) >= 11 is 0. The predicted octanol–water partition coefficient (Wildman–Crippen LogP) is -0.634. The molecule has 1 aliphatic rings. The van der Waals surface area contributed by atoms with E-state index in [1.54, 1.807) is 6.92 Å². The molecule has 1 saturated heterocycles. The summed E-state index contributed by atoms with van der Waals surface area (Å²) in [5, 5.41) is 4.13. The molecule has 0 spiro atoms. The second kappa shape index (κ2) is 5.48. The van der Waals surface area contributed by atoms with Gasteiger partial charge in [-0.15, -0.1) is 0 Å². The predicted molar refractivity (Wildman–Crippen MR) is 51.8 cm³/mol. The normalized spacial score (nSPS) is 19.4. The van der Waals surface area contributed by atoms with Gasteiger partial charge in [0.15, 0.2) is 0 Å². The van der Waals surface area contributed by atoms with E-state index in [4.69, 9.17) is 0 Å². The molecule has 0 saturated carbocycles. The van der Waals surface area contributed by atoms with E-state index in [0.717, 1.165) is 6.42 Å². The van der Waals surface area contributed by atoms with Crippen LogP contribution in [0.3, 0.4) is 0 Å². The van der Waals surface area contributed by atoms with Gasteiger partial charge in [0, 0.05) is 0 Å². The average Bonchev–Trinajstić information content (AvgIpc) is 2.02. The molecule has 1 aliphatic heterocycles. The summed E-state index contributed by atoms with van der Waals surface area (Å²) in [6.45, 7) is 3.70. The summed E-state index contributed by atoms with van der Waals surface area (Å²) in [4.78, 5) is 33.1. The topological polar surface area (TPSA) is 75.3 Å². The molecule has 0 aliphatic carbocycles. The van der Waals surface area contributed by atoms with Crippen molar-refractivity contribution in [3.05, 3.63) is 0 Å². The van der Waals surface area contributed by atoms with Gasteiger partial charge < -0.3 is 0 Å². The molecule has 4 amide bonds. The Morgan fingerprint density at radius 1 is 1.21 bits per heavy atom. The first-order chi connectivity index (χ1) is 6.06. The Balaban J connectivity index is 0.00000169. The fraction of sp³-hybridized carbons (Fsp3) is 0.625. The van der Waals surface area contributed by atoms with Crippen LogP contribution >= 0.6 is 0 Å². The van der Waals surface area contributed by atoms with Crippen LogP contribution in [0.5, 0.6) is 0 Å². The zero-order valence-electron chi connectivity index (χ0n) is 7.59. The van der Waals surface area contributed by atoms with E-state index in [1.807, 2.05) is 6.92 Å². The Morgan fingerprint density at radius 3 is 2.00 bits per heavy atom. The molecule has 1 atom stereocenters. The molecule has 5 nitrogen and oxygen atoms in total. The molecule has 0 radical (unpaired) electrons. The minimum absolute atomic E-state index is 0. The Hall–Kier alpha value is -0.390. The summed E-state index contributed by atoms with van der Waals surface area (Å²) in [7, 11) is 0. The van der Waals surface area contributed by atoms with E-state index in [0.29, 0.717) is 0 Å². The number of hydrogen-bond acceptors (Lipinski definition) is 3. The van der Waals surface area contributed by atoms with Crippen molar-refractivity contribution in [1.82, 2.24) is 10.6 Å². The van der Waals surface area contributed by atoms with Crippen LogP contribution in [0.25, 0.3) is 0 Å². The van der Waals surface area contributed by atoms with Gasteiger partial charge in [0.2, 0.25) is 11.8 Å². The molecule has 0 aromatic carbocycles. The van der Waals surface area contributed by atoms with Gasteiger partial charge >= 0.3 is 35.6 Å². The van der Waals surface area contributed by atoms with Crippen molar-refractivity contribution < 1.29 is 14.4 Å². The SMILES string of the molecule is CCC(C)C1C(=O)NC(=O)NC1=O.[NaH]. The molecule has 2 N–H and O–H groups in total. The monoisotopic (exact) mass is 208 g/mol. The van der Waals surface area contributed by atoms with Gasteiger partial charge in [0.1, 0.15) is 5.92 Å². The third-order valence-electron chi connectivity index (χ3n) is 2.25. The summed E-state index contributed by atoms with van der Waals surface area (Å²) < 4.78 is 0. The van der Waals surface area contributed by atoms with Crippen molar-refractivity contribution in [3.8, 4) is 0 Å². The fourth-order valence-electron chi connectivity index (χ4n) is 1.28. The molecule has 0 aromatic heterocycles. The molecule has 1 rings (SSSR count). The van der Waals surface area contributed by atoms with Gasteiger partial charge in [-0.25, -0.2) is 4.79 Å². The number of amides is 4. The number of carbonyl (C=O) groups is 3. The van der Waals surface area contributed by atoms with Crippen LogP contribution in [0.15, 0.2) is 0 Å². The fourth-order valence-corrected chi connectivity index (χ4v) is 1.28. The van der Waals surface area contributed by atoms with Crippen molar-refractivity contribution in [2.45, 2.75) is 20.3 Å². The molecule has 0 bridgehead atoms. The Labute approximate surface area is 104 Å². The van der Waals surface area contributed by atoms with Gasteiger partial charge in [-0.3, -0.25) is 20.2 Å². The van der Waals surface area contributed by atoms with E-state index in [-0.39, 0.29) is 35.5 Å². The van der Waals surface area contributed by atoms with E-state index < -0.39 is 23.8 Å². The van der Waals surface area contributed by atoms with Crippen LogP contribution < -0.4 is 10.6 Å². The standard InChI is InChI=1S/C8H12N2O3.Na.H/c1-3-4(2)5-6(11)9-8(13)10-7(5)12;;/h4-5H,3H2,1-2H3,(H2,9,10,11,12,13);;. The van der Waals surface area contributed by atoms with Crippen molar-refractivity contribution in [3.63, 3.8) is 0 Å². The van der Waals surface area contributed by atoms with Gasteiger partial charge in [0.05, 0.1) is 0 Å². The molecular formula is C8H13N2NaO3. The van der Waals surface area contributed by atoms with E-state index in [2.05, 4.69) is 10.6 Å². The molecule has 14 heavy (non-hydrogen) atoms. The number of rotatable bonds is 2. The van der Waals surface area contributed by atoms with Crippen LogP contribution in [0.4, 0.5) is 4.79 Å². The third kappa shape index (κ3) is 2.80. The molecule has 0 aromatic rings. The zero-order valence-corrected chi connectivity index (χ0v) is 7.59. The number of imide groups is 2. The first-order valence-corrected chi connectivity index (χ1v) is 4.22. The number of urea groups is 1. The van der Waals surface area contributed by atoms with Crippen molar-refractivity contribution >= 4 is 47.4 Å². The molecule has 1 fully saturated rings. The van der Waals surface area contributed by atoms with Crippen molar-refractivity contribution in [1.29, 1.82) is 0 Å². The maximum absolute atomic E-state index is 11.2. The maximum atomic E-state index is 11.2. The summed E-state index contributed by atoms with van der Waals surface area (Å²) in [6.07, 6.45) is 0.722. The molecule has 74 valence electrons. The van der Waals surface area contributed by atoms with Crippen molar-refractivity contribution in [2.75, 3.05) is 0 Å². The van der Waals surface area contributed by atoms with Crippen molar-refractivity contribution in [2.24, 2.45) is 11.8 Å². The quantitative estimate of drug-likeness (QED) is 0.468. The molecule has 1 heterocycles. The minimum atomic E-state index is -0.734. The first kappa shape index (κ1) is 13.6. The zero-order chi connectivity index (χ0) is 10.0. The Kier molecular flexibility index (Phi) is 5.33.